The van der Waals surface area contributed by atoms with Crippen molar-refractivity contribution in [2.75, 3.05) is 9.80 Å². The highest BCUT2D eigenvalue weighted by atomic mass is 32.2. The molecule has 4 aliphatic heterocycles. The van der Waals surface area contributed by atoms with Crippen molar-refractivity contribution in [3.8, 4) is 55.6 Å². The van der Waals surface area contributed by atoms with Crippen molar-refractivity contribution < 1.29 is 0 Å². The third-order valence-electron chi connectivity index (χ3n) is 15.6. The first-order chi connectivity index (χ1) is 35.7. The number of nitrogens with zero attached hydrogens (tertiary/aromatic N) is 2. The lowest BCUT2D eigenvalue weighted by Crippen LogP contribution is -2.68. The van der Waals surface area contributed by atoms with E-state index in [4.69, 9.17) is 0 Å². The Morgan fingerprint density at radius 1 is 0.319 bits per heavy atom. The van der Waals surface area contributed by atoms with E-state index in [1.165, 1.54) is 138 Å². The van der Waals surface area contributed by atoms with Gasteiger partial charge in [-0.1, -0.05) is 236 Å². The van der Waals surface area contributed by atoms with E-state index >= 15 is 0 Å². The molecule has 2 nitrogen and oxygen atoms in total. The van der Waals surface area contributed by atoms with Gasteiger partial charge in [0.25, 0.3) is 6.71 Å². The summed E-state index contributed by atoms with van der Waals surface area (Å²) in [7, 11) is 0. The summed E-state index contributed by atoms with van der Waals surface area (Å²) < 4.78 is 0. The number of rotatable bonds is 6. The molecule has 5 heteroatoms. The van der Waals surface area contributed by atoms with E-state index in [9.17, 15) is 0 Å². The SMILES string of the molecule is Cc1ccccc1N1c2ccccc2B2c3cc(-c4ccccc4)ccc3N3c4ccc(-c5ccccc5)cc4B4c5ccccc5Sc5c4c3c2c1c5-c1c(-c2ccccc2)cccc1-c1ccccc1. The topological polar surface area (TPSA) is 6.48 Å². The summed E-state index contributed by atoms with van der Waals surface area (Å²) in [6, 6.07) is 93.2. The van der Waals surface area contributed by atoms with Crippen LogP contribution in [-0.4, -0.2) is 13.4 Å². The summed E-state index contributed by atoms with van der Waals surface area (Å²) >= 11 is 1.96. The molecule has 0 atom stereocenters. The number of anilines is 6. The van der Waals surface area contributed by atoms with Crippen LogP contribution in [-0.2, 0) is 0 Å². The summed E-state index contributed by atoms with van der Waals surface area (Å²) in [5.74, 6) is 0. The van der Waals surface area contributed by atoms with E-state index in [0.717, 1.165) is 0 Å². The van der Waals surface area contributed by atoms with Crippen LogP contribution in [0, 0.1) is 6.92 Å². The lowest BCUT2D eigenvalue weighted by molar-refractivity contribution is 1.22. The molecule has 72 heavy (non-hydrogen) atoms. The Hall–Kier alpha value is -8.50. The maximum Gasteiger partial charge on any atom is 0.252 e. The van der Waals surface area contributed by atoms with E-state index in [0.29, 0.717) is 0 Å². The molecule has 0 amide bonds. The second kappa shape index (κ2) is 16.3. The van der Waals surface area contributed by atoms with Crippen LogP contribution >= 0.6 is 11.8 Å². The predicted molar refractivity (Wildman–Crippen MR) is 308 cm³/mol. The van der Waals surface area contributed by atoms with Gasteiger partial charge in [-0.15, -0.1) is 0 Å². The normalized spacial score (nSPS) is 13.2. The van der Waals surface area contributed by atoms with Gasteiger partial charge < -0.3 is 9.80 Å². The third-order valence-corrected chi connectivity index (χ3v) is 16.9. The number of hydrogen-bond acceptors (Lipinski definition) is 3. The van der Waals surface area contributed by atoms with Crippen LogP contribution in [0.1, 0.15) is 5.56 Å². The molecule has 11 aromatic carbocycles. The maximum atomic E-state index is 2.68. The molecule has 0 aliphatic carbocycles. The van der Waals surface area contributed by atoms with Gasteiger partial charge in [0.05, 0.1) is 5.69 Å². The molecule has 15 rings (SSSR count). The van der Waals surface area contributed by atoms with Gasteiger partial charge in [0.1, 0.15) is 0 Å². The standard InChI is InChI=1S/C67H44B2N2S/c1-43-21-14-17-34-56(43)70-57-35-18-15-32-52(57)68-54-41-48(44-22-6-2-7-23-44)37-39-58(54)71-59-40-38-49(45-24-8-3-9-25-45)42-55(59)69-53-33-16-19-36-60(53)72-67-62(65(70)63(68)66(71)64(67)69)61-50(46-26-10-4-11-27-46)30-20-31-51(61)47-28-12-5-13-29-47/h2-42H,1H3. The molecule has 0 N–H and O–H groups in total. The monoisotopic (exact) mass is 930 g/mol. The van der Waals surface area contributed by atoms with E-state index in [2.05, 4.69) is 265 Å². The van der Waals surface area contributed by atoms with Gasteiger partial charge in [-0.3, -0.25) is 0 Å². The quantitative estimate of drug-likeness (QED) is 0.153. The summed E-state index contributed by atoms with van der Waals surface area (Å²) in [6.45, 7) is 2.16. The number of hydrogen-bond donors (Lipinski definition) is 0. The summed E-state index contributed by atoms with van der Waals surface area (Å²) in [6.07, 6.45) is 0. The predicted octanol–water partition coefficient (Wildman–Crippen LogP) is 13.7. The van der Waals surface area contributed by atoms with E-state index in [1.54, 1.807) is 0 Å². The molecule has 334 valence electrons. The van der Waals surface area contributed by atoms with Crippen LogP contribution in [0.3, 0.4) is 0 Å². The molecule has 0 aromatic heterocycles. The van der Waals surface area contributed by atoms with Crippen LogP contribution in [0.15, 0.2) is 259 Å². The van der Waals surface area contributed by atoms with E-state index in [-0.39, 0.29) is 13.4 Å². The molecule has 4 aliphatic rings. The Kier molecular flexibility index (Phi) is 9.34. The Bertz CT molecular complexity index is 3920. The first kappa shape index (κ1) is 41.3. The smallest absolute Gasteiger partial charge is 0.252 e. The molecule has 4 heterocycles. The summed E-state index contributed by atoms with van der Waals surface area (Å²) in [5.41, 5.74) is 28.9. The largest absolute Gasteiger partial charge is 0.312 e. The molecule has 0 radical (unpaired) electrons. The summed E-state index contributed by atoms with van der Waals surface area (Å²) in [5, 5.41) is 0. The van der Waals surface area contributed by atoms with Crippen molar-refractivity contribution in [1.82, 2.24) is 0 Å². The zero-order chi connectivity index (χ0) is 47.4. The van der Waals surface area contributed by atoms with Crippen LogP contribution in [0.25, 0.3) is 55.6 Å². The van der Waals surface area contributed by atoms with Crippen molar-refractivity contribution in [3.05, 3.63) is 254 Å². The lowest BCUT2D eigenvalue weighted by Gasteiger charge is -2.51. The number of para-hydroxylation sites is 2. The van der Waals surface area contributed by atoms with Gasteiger partial charge in [0.15, 0.2) is 0 Å². The van der Waals surface area contributed by atoms with Crippen molar-refractivity contribution in [1.29, 1.82) is 0 Å². The minimum Gasteiger partial charge on any atom is -0.312 e. The van der Waals surface area contributed by atoms with E-state index < -0.39 is 0 Å². The highest BCUT2D eigenvalue weighted by Crippen LogP contribution is 2.56. The second-order valence-corrected chi connectivity index (χ2v) is 20.5. The first-order valence-corrected chi connectivity index (χ1v) is 25.9. The highest BCUT2D eigenvalue weighted by molar-refractivity contribution is 8.00. The Balaban J connectivity index is 1.18. The van der Waals surface area contributed by atoms with Gasteiger partial charge in [0, 0.05) is 49.4 Å². The molecular formula is C67H44B2N2S. The first-order valence-electron chi connectivity index (χ1n) is 25.1. The molecule has 0 bridgehead atoms. The van der Waals surface area contributed by atoms with Crippen molar-refractivity contribution in [3.63, 3.8) is 0 Å². The fourth-order valence-corrected chi connectivity index (χ4v) is 13.9. The third kappa shape index (κ3) is 6.07. The van der Waals surface area contributed by atoms with Gasteiger partial charge in [-0.2, -0.15) is 0 Å². The van der Waals surface area contributed by atoms with Crippen molar-refractivity contribution >= 4 is 92.1 Å². The minimum absolute atomic E-state index is 0.0367. The van der Waals surface area contributed by atoms with Gasteiger partial charge >= 0.3 is 0 Å². The van der Waals surface area contributed by atoms with Crippen LogP contribution in [0.2, 0.25) is 0 Å². The molecular weight excluding hydrogens is 886 g/mol. The molecule has 0 unspecified atom stereocenters. The fourth-order valence-electron chi connectivity index (χ4n) is 12.6. The summed E-state index contributed by atoms with van der Waals surface area (Å²) in [4.78, 5) is 7.95. The number of fused-ring (bicyclic) bond motifs is 10. The van der Waals surface area contributed by atoms with Gasteiger partial charge in [0.2, 0.25) is 6.71 Å². The number of benzene rings is 11. The zero-order valence-corrected chi connectivity index (χ0v) is 40.4. The van der Waals surface area contributed by atoms with Crippen LogP contribution in [0.5, 0.6) is 0 Å². The van der Waals surface area contributed by atoms with Crippen molar-refractivity contribution in [2.24, 2.45) is 0 Å². The molecule has 0 fully saturated rings. The fraction of sp³-hybridized carbons (Fsp3) is 0.0149. The average molecular weight is 931 g/mol. The lowest BCUT2D eigenvalue weighted by atomic mass is 9.29. The van der Waals surface area contributed by atoms with Crippen LogP contribution < -0.4 is 42.6 Å². The molecule has 0 saturated heterocycles. The van der Waals surface area contributed by atoms with Gasteiger partial charge in [-0.05, 0) is 115 Å². The molecule has 0 saturated carbocycles. The average Bonchev–Trinajstić information content (AvgIpc) is 3.45. The minimum atomic E-state index is -0.0811. The Labute approximate surface area is 426 Å². The zero-order valence-electron chi connectivity index (χ0n) is 39.6. The molecule has 11 aromatic rings. The maximum absolute atomic E-state index is 2.68. The highest BCUT2D eigenvalue weighted by Gasteiger charge is 2.52. The Morgan fingerprint density at radius 3 is 1.36 bits per heavy atom. The van der Waals surface area contributed by atoms with Crippen LogP contribution in [0.4, 0.5) is 34.1 Å². The molecule has 0 spiro atoms. The Morgan fingerprint density at radius 2 is 0.778 bits per heavy atom. The number of aryl methyl sites for hydroxylation is 1. The van der Waals surface area contributed by atoms with Gasteiger partial charge in [-0.25, -0.2) is 0 Å². The van der Waals surface area contributed by atoms with E-state index in [1.807, 2.05) is 11.8 Å². The van der Waals surface area contributed by atoms with Crippen molar-refractivity contribution in [2.45, 2.75) is 16.7 Å². The second-order valence-electron chi connectivity index (χ2n) is 19.5.